The van der Waals surface area contributed by atoms with E-state index in [0.29, 0.717) is 31.6 Å². The first-order valence-electron chi connectivity index (χ1n) is 22.4. The summed E-state index contributed by atoms with van der Waals surface area (Å²) in [6.45, 7) is 11.4. The van der Waals surface area contributed by atoms with Crippen molar-refractivity contribution in [2.45, 2.75) is 115 Å². The lowest BCUT2D eigenvalue weighted by Gasteiger charge is -2.61. The number of aromatic amines is 1. The Morgan fingerprint density at radius 1 is 1.11 bits per heavy atom. The van der Waals surface area contributed by atoms with Gasteiger partial charge < -0.3 is 45.1 Å². The van der Waals surface area contributed by atoms with Crippen LogP contribution >= 0.6 is 0 Å². The molecule has 1 amide bonds. The number of rotatable bonds is 16. The molecule has 61 heavy (non-hydrogen) atoms. The van der Waals surface area contributed by atoms with Crippen molar-refractivity contribution in [2.75, 3.05) is 65.4 Å². The van der Waals surface area contributed by atoms with Crippen LogP contribution in [-0.4, -0.2) is 143 Å². The van der Waals surface area contributed by atoms with E-state index in [2.05, 4.69) is 45.2 Å². The lowest BCUT2D eigenvalue weighted by molar-refractivity contribution is -0.200. The maximum atomic E-state index is 14.2. The minimum atomic E-state index is -2.18. The van der Waals surface area contributed by atoms with Gasteiger partial charge in [0.15, 0.2) is 5.60 Å². The van der Waals surface area contributed by atoms with Crippen molar-refractivity contribution in [2.24, 2.45) is 17.3 Å². The number of carbonyl (C=O) groups is 2. The number of nitrogens with zero attached hydrogens (tertiary/aromatic N) is 3. The summed E-state index contributed by atoms with van der Waals surface area (Å²) < 4.78 is 11.1. The summed E-state index contributed by atoms with van der Waals surface area (Å²) in [5.41, 5.74) is 1.98. The van der Waals surface area contributed by atoms with Gasteiger partial charge in [0.2, 0.25) is 0 Å². The van der Waals surface area contributed by atoms with E-state index < -0.39 is 40.8 Å². The van der Waals surface area contributed by atoms with E-state index in [9.17, 15) is 30.0 Å². The van der Waals surface area contributed by atoms with Gasteiger partial charge in [0.05, 0.1) is 38.4 Å². The number of aliphatic hydroxyl groups is 4. The van der Waals surface area contributed by atoms with Gasteiger partial charge in [-0.25, -0.2) is 0 Å². The summed E-state index contributed by atoms with van der Waals surface area (Å²) in [5.74, 6) is -0.158. The molecule has 2 aromatic carbocycles. The molecule has 7 rings (SSSR count). The largest absolute Gasteiger partial charge is 0.496 e. The zero-order valence-electron chi connectivity index (χ0n) is 37.2. The number of aliphatic hydroxyl groups excluding tert-OH is 2. The first-order valence-corrected chi connectivity index (χ1v) is 22.4. The fraction of sp³-hybridized carbons (Fsp3) is 0.625. The number of anilines is 1. The third-order valence-electron chi connectivity index (χ3n) is 14.9. The van der Waals surface area contributed by atoms with E-state index in [0.717, 1.165) is 90.8 Å². The Kier molecular flexibility index (Phi) is 13.3. The number of nitrogens with one attached hydrogen (secondary N) is 2. The topological polar surface area (TPSA) is 171 Å². The molecule has 3 aromatic rings. The predicted octanol–water partition coefficient (Wildman–Crippen LogP) is 3.90. The summed E-state index contributed by atoms with van der Waals surface area (Å²) in [6.07, 6.45) is 7.03. The molecule has 1 aromatic heterocycles. The standard InChI is InChI=1S/C48H69N5O8/c1-8-46(58)26-32(28-52(29-46)21-17-35-34-13-10-11-14-37(34)50-38(35)24-41(55)61-7)15-16-33-23-30(3)39(25-40(33)60-6)51(5)43-36-18-22-53-20-12-19-47(9-2,42(36)53)44(56)48(43,59)45(57)49-27-31(4)54/h10-14,19,23,25,31-32,36,42-44,50,54,56,58-59H,8-9,15-18,20-22,24,26-29H2,1-7H3,(H,49,57)/t31-,32?,36?,42?,43?,44+,46?,47+,48-/m0/s1. The van der Waals surface area contributed by atoms with Crippen molar-refractivity contribution in [1.29, 1.82) is 0 Å². The lowest BCUT2D eigenvalue weighted by Crippen LogP contribution is -2.79. The van der Waals surface area contributed by atoms with Crippen LogP contribution in [0, 0.1) is 24.2 Å². The molecule has 1 saturated carbocycles. The average molecular weight is 844 g/mol. The average Bonchev–Trinajstić information content (AvgIpc) is 3.84. The molecular weight excluding hydrogens is 775 g/mol. The van der Waals surface area contributed by atoms with E-state index in [1.807, 2.05) is 56.1 Å². The fourth-order valence-corrected chi connectivity index (χ4v) is 11.9. The van der Waals surface area contributed by atoms with Crippen molar-refractivity contribution in [3.8, 4) is 5.75 Å². The minimum Gasteiger partial charge on any atom is -0.496 e. The van der Waals surface area contributed by atoms with Gasteiger partial charge in [0.1, 0.15) is 11.9 Å². The number of ether oxygens (including phenoxy) is 2. The Labute approximate surface area is 361 Å². The van der Waals surface area contributed by atoms with Crippen LogP contribution in [0.25, 0.3) is 10.9 Å². The highest BCUT2D eigenvalue weighted by molar-refractivity contribution is 5.89. The number of benzene rings is 2. The van der Waals surface area contributed by atoms with Crippen LogP contribution in [0.2, 0.25) is 0 Å². The number of H-pyrrole nitrogens is 1. The molecular formula is C48H69N5O8. The highest BCUT2D eigenvalue weighted by atomic mass is 16.5. The molecule has 0 bridgehead atoms. The molecule has 0 spiro atoms. The van der Waals surface area contributed by atoms with E-state index in [1.165, 1.54) is 7.11 Å². The number of aromatic nitrogens is 1. The van der Waals surface area contributed by atoms with Crippen LogP contribution in [0.1, 0.15) is 75.3 Å². The number of amides is 1. The minimum absolute atomic E-state index is 0.0441. The molecule has 3 fully saturated rings. The number of hydrogen-bond donors (Lipinski definition) is 6. The van der Waals surface area contributed by atoms with Crippen LogP contribution in [0.3, 0.4) is 0 Å². The molecule has 9 atom stereocenters. The highest BCUT2D eigenvalue weighted by Gasteiger charge is 2.70. The van der Waals surface area contributed by atoms with E-state index >= 15 is 0 Å². The van der Waals surface area contributed by atoms with Crippen LogP contribution in [0.15, 0.2) is 48.6 Å². The summed E-state index contributed by atoms with van der Waals surface area (Å²) in [7, 11) is 4.98. The summed E-state index contributed by atoms with van der Waals surface area (Å²) in [4.78, 5) is 36.7. The third-order valence-corrected chi connectivity index (χ3v) is 14.9. The van der Waals surface area contributed by atoms with Gasteiger partial charge in [-0.1, -0.05) is 50.3 Å². The Bertz CT molecular complexity index is 2090. The number of likely N-dealkylation sites (N-methyl/N-ethyl adjacent to an activating group) is 1. The molecule has 4 heterocycles. The van der Waals surface area contributed by atoms with E-state index in [1.54, 1.807) is 14.0 Å². The molecule has 4 aliphatic rings. The Hall–Kier alpha value is -3.98. The molecule has 13 nitrogen and oxygen atoms in total. The number of β-amino-alcohol motifs (C(OH)–C–C–N with tert-alkyl or cyclic N) is 1. The maximum absolute atomic E-state index is 14.2. The maximum Gasteiger partial charge on any atom is 0.311 e. The van der Waals surface area contributed by atoms with Crippen LogP contribution in [0.4, 0.5) is 5.69 Å². The van der Waals surface area contributed by atoms with Crippen LogP contribution in [-0.2, 0) is 33.6 Å². The first kappa shape index (κ1) is 45.1. The quantitative estimate of drug-likeness (QED) is 0.0914. The molecule has 3 aliphatic heterocycles. The number of esters is 1. The SMILES string of the molecule is CCC1(O)CC(CCc2cc(C)c(N(C)C3C4CCN5CC=C[C@](CC)(C45)[C@@H](O)[C@]3(O)C(=O)NC[C@H](C)O)cc2OC)CN(CCc2c(CC(=O)OC)[nH]c3ccccc23)C1. The highest BCUT2D eigenvalue weighted by Crippen LogP contribution is 2.56. The number of hydrogen-bond acceptors (Lipinski definition) is 11. The van der Waals surface area contributed by atoms with Gasteiger partial charge >= 0.3 is 5.97 Å². The second-order valence-corrected chi connectivity index (χ2v) is 18.6. The predicted molar refractivity (Wildman–Crippen MR) is 237 cm³/mol. The second kappa shape index (κ2) is 18.0. The Balaban J connectivity index is 1.12. The van der Waals surface area contributed by atoms with Crippen molar-refractivity contribution >= 4 is 28.5 Å². The van der Waals surface area contributed by atoms with Gasteiger partial charge in [-0.2, -0.15) is 0 Å². The monoisotopic (exact) mass is 844 g/mol. The van der Waals surface area contributed by atoms with Gasteiger partial charge in [-0.05, 0) is 94.0 Å². The van der Waals surface area contributed by atoms with Gasteiger partial charge in [0, 0.05) is 85.5 Å². The van der Waals surface area contributed by atoms with Gasteiger partial charge in [-0.15, -0.1) is 0 Å². The lowest BCUT2D eigenvalue weighted by atomic mass is 9.54. The second-order valence-electron chi connectivity index (χ2n) is 18.6. The number of fused-ring (bicyclic) bond motifs is 1. The van der Waals surface area contributed by atoms with Crippen molar-refractivity contribution < 1.29 is 39.5 Å². The van der Waals surface area contributed by atoms with Crippen molar-refractivity contribution in [1.82, 2.24) is 20.1 Å². The Morgan fingerprint density at radius 3 is 2.59 bits per heavy atom. The van der Waals surface area contributed by atoms with Gasteiger partial charge in [-0.3, -0.25) is 19.4 Å². The third kappa shape index (κ3) is 8.34. The Morgan fingerprint density at radius 2 is 1.89 bits per heavy atom. The number of para-hydroxylation sites is 1. The molecule has 6 N–H and O–H groups in total. The van der Waals surface area contributed by atoms with E-state index in [-0.39, 0.29) is 36.8 Å². The first-order chi connectivity index (χ1) is 29.1. The van der Waals surface area contributed by atoms with Gasteiger partial charge in [0.25, 0.3) is 5.91 Å². The molecule has 1 aliphatic carbocycles. The van der Waals surface area contributed by atoms with E-state index in [4.69, 9.17) is 9.47 Å². The number of carbonyl (C=O) groups excluding carboxylic acids is 2. The molecule has 334 valence electrons. The normalized spacial score (nSPS) is 30.6. The van der Waals surface area contributed by atoms with Crippen LogP contribution in [0.5, 0.6) is 5.75 Å². The van der Waals surface area contributed by atoms with Crippen molar-refractivity contribution in [3.05, 3.63) is 70.9 Å². The number of aryl methyl sites for hydroxylation is 2. The summed E-state index contributed by atoms with van der Waals surface area (Å²) in [5, 5.41) is 51.0. The summed E-state index contributed by atoms with van der Waals surface area (Å²) in [6, 6.07) is 11.4. The fourth-order valence-electron chi connectivity index (χ4n) is 11.9. The number of methoxy groups -OCH3 is 2. The van der Waals surface area contributed by atoms with Crippen LogP contribution < -0.4 is 15.0 Å². The zero-order valence-corrected chi connectivity index (χ0v) is 37.2. The zero-order chi connectivity index (χ0) is 43.9. The smallest absolute Gasteiger partial charge is 0.311 e. The number of likely N-dealkylation sites (tertiary alicyclic amines) is 1. The number of piperidine rings is 1. The molecule has 0 radical (unpaired) electrons. The molecule has 5 unspecified atom stereocenters. The van der Waals surface area contributed by atoms with Crippen molar-refractivity contribution in [3.63, 3.8) is 0 Å². The molecule has 2 saturated heterocycles. The molecule has 13 heteroatoms. The summed E-state index contributed by atoms with van der Waals surface area (Å²) >= 11 is 0.